The average molecular weight is 280 g/mol. The second kappa shape index (κ2) is 5.40. The van der Waals surface area contributed by atoms with Crippen molar-refractivity contribution in [3.05, 3.63) is 23.8 Å². The number of esters is 2. The van der Waals surface area contributed by atoms with Crippen molar-refractivity contribution in [2.45, 2.75) is 25.9 Å². The predicted molar refractivity (Wildman–Crippen MR) is 68.4 cm³/mol. The van der Waals surface area contributed by atoms with Crippen molar-refractivity contribution >= 4 is 11.9 Å². The molecule has 0 saturated heterocycles. The molecular formula is C14H16O6. The lowest BCUT2D eigenvalue weighted by Crippen LogP contribution is -2.53. The first-order valence-corrected chi connectivity index (χ1v) is 6.39. The summed E-state index contributed by atoms with van der Waals surface area (Å²) in [6.07, 6.45) is 0.0281. The molecule has 0 radical (unpaired) electrons. The molecule has 108 valence electrons. The van der Waals surface area contributed by atoms with Crippen molar-refractivity contribution in [1.29, 1.82) is 0 Å². The Morgan fingerprint density at radius 2 is 1.85 bits per heavy atom. The summed E-state index contributed by atoms with van der Waals surface area (Å²) >= 11 is 0. The molecule has 0 bridgehead atoms. The molecule has 1 heterocycles. The zero-order chi connectivity index (χ0) is 14.8. The molecule has 1 aliphatic heterocycles. The van der Waals surface area contributed by atoms with Gasteiger partial charge in [-0.15, -0.1) is 0 Å². The molecule has 0 aromatic heterocycles. The van der Waals surface area contributed by atoms with Crippen LogP contribution in [0.5, 0.6) is 11.5 Å². The summed E-state index contributed by atoms with van der Waals surface area (Å²) in [5, 5.41) is 9.44. The maximum atomic E-state index is 12.1. The molecule has 2 rings (SSSR count). The Kier molecular flexibility index (Phi) is 3.83. The summed E-state index contributed by atoms with van der Waals surface area (Å²) in [6.45, 7) is 3.55. The molecule has 6 nitrogen and oxygen atoms in total. The number of phenols is 1. The Balaban J connectivity index is 2.37. The van der Waals surface area contributed by atoms with Gasteiger partial charge in [-0.25, -0.2) is 9.59 Å². The third kappa shape index (κ3) is 2.29. The lowest BCUT2D eigenvalue weighted by Gasteiger charge is -2.23. The molecule has 0 amide bonds. The summed E-state index contributed by atoms with van der Waals surface area (Å²) in [6, 6.07) is 4.43. The van der Waals surface area contributed by atoms with Crippen molar-refractivity contribution in [3.63, 3.8) is 0 Å². The van der Waals surface area contributed by atoms with E-state index >= 15 is 0 Å². The van der Waals surface area contributed by atoms with E-state index in [4.69, 9.17) is 14.2 Å². The number of phenolic OH excluding ortho intramolecular Hbond substituents is 1. The molecular weight excluding hydrogens is 264 g/mol. The van der Waals surface area contributed by atoms with E-state index in [-0.39, 0.29) is 31.1 Å². The lowest BCUT2D eigenvalue weighted by atomic mass is 9.97. The van der Waals surface area contributed by atoms with Crippen molar-refractivity contribution in [2.24, 2.45) is 0 Å². The quantitative estimate of drug-likeness (QED) is 0.659. The second-order valence-corrected chi connectivity index (χ2v) is 4.34. The van der Waals surface area contributed by atoms with Crippen LogP contribution in [-0.4, -0.2) is 35.9 Å². The third-order valence-corrected chi connectivity index (χ3v) is 2.98. The van der Waals surface area contributed by atoms with E-state index in [1.807, 2.05) is 0 Å². The van der Waals surface area contributed by atoms with Gasteiger partial charge < -0.3 is 19.3 Å². The fourth-order valence-corrected chi connectivity index (χ4v) is 2.08. The first-order valence-electron chi connectivity index (χ1n) is 6.39. The molecule has 0 atom stereocenters. The van der Waals surface area contributed by atoms with Gasteiger partial charge in [-0.1, -0.05) is 6.07 Å². The Bertz CT molecular complexity index is 518. The average Bonchev–Trinajstić information content (AvgIpc) is 2.79. The number of ether oxygens (including phenoxy) is 3. The number of carbonyl (C=O) groups excluding carboxylic acids is 2. The van der Waals surface area contributed by atoms with Crippen LogP contribution in [0.4, 0.5) is 0 Å². The normalized spacial score (nSPS) is 15.1. The first kappa shape index (κ1) is 14.2. The zero-order valence-corrected chi connectivity index (χ0v) is 11.3. The van der Waals surface area contributed by atoms with Crippen LogP contribution in [0.1, 0.15) is 19.4 Å². The highest BCUT2D eigenvalue weighted by molar-refractivity contribution is 6.05. The van der Waals surface area contributed by atoms with Gasteiger partial charge in [-0.3, -0.25) is 0 Å². The molecule has 6 heteroatoms. The third-order valence-electron chi connectivity index (χ3n) is 2.98. The highest BCUT2D eigenvalue weighted by Gasteiger charge is 2.56. The highest BCUT2D eigenvalue weighted by atomic mass is 16.6. The van der Waals surface area contributed by atoms with Gasteiger partial charge in [-0.05, 0) is 25.5 Å². The fourth-order valence-electron chi connectivity index (χ4n) is 2.08. The van der Waals surface area contributed by atoms with Crippen LogP contribution in [0.25, 0.3) is 0 Å². The van der Waals surface area contributed by atoms with Gasteiger partial charge in [0.25, 0.3) is 0 Å². The summed E-state index contributed by atoms with van der Waals surface area (Å²) in [5.41, 5.74) is -1.17. The van der Waals surface area contributed by atoms with Gasteiger partial charge in [0, 0.05) is 12.5 Å². The minimum Gasteiger partial charge on any atom is -0.508 e. The number of carbonyl (C=O) groups is 2. The molecule has 1 aromatic rings. The molecule has 0 fully saturated rings. The predicted octanol–water partition coefficient (Wildman–Crippen LogP) is 1.19. The fraction of sp³-hybridized carbons (Fsp3) is 0.429. The number of aromatic hydroxyl groups is 1. The zero-order valence-electron chi connectivity index (χ0n) is 11.3. The van der Waals surface area contributed by atoms with Gasteiger partial charge >= 0.3 is 17.5 Å². The Hall–Kier alpha value is -2.24. The molecule has 1 aromatic carbocycles. The summed E-state index contributed by atoms with van der Waals surface area (Å²) in [5.74, 6) is -1.29. The minimum absolute atomic E-state index is 0.00716. The molecule has 1 N–H and O–H groups in total. The van der Waals surface area contributed by atoms with Gasteiger partial charge in [0.2, 0.25) is 0 Å². The van der Waals surface area contributed by atoms with E-state index in [1.54, 1.807) is 19.9 Å². The summed E-state index contributed by atoms with van der Waals surface area (Å²) in [4.78, 5) is 24.3. The minimum atomic E-state index is -1.82. The van der Waals surface area contributed by atoms with Crippen molar-refractivity contribution in [3.8, 4) is 11.5 Å². The molecule has 20 heavy (non-hydrogen) atoms. The lowest BCUT2D eigenvalue weighted by molar-refractivity contribution is -0.177. The monoisotopic (exact) mass is 280 g/mol. The second-order valence-electron chi connectivity index (χ2n) is 4.34. The van der Waals surface area contributed by atoms with Crippen LogP contribution in [0, 0.1) is 0 Å². The SMILES string of the molecule is CCOC(=O)C1(C(=O)OCC)Cc2ccc(O)cc2O1. The molecule has 0 aliphatic carbocycles. The maximum absolute atomic E-state index is 12.1. The van der Waals surface area contributed by atoms with Crippen molar-refractivity contribution in [1.82, 2.24) is 0 Å². The smallest absolute Gasteiger partial charge is 0.362 e. The highest BCUT2D eigenvalue weighted by Crippen LogP contribution is 2.38. The topological polar surface area (TPSA) is 82.1 Å². The van der Waals surface area contributed by atoms with Gasteiger partial charge in [-0.2, -0.15) is 0 Å². The van der Waals surface area contributed by atoms with E-state index in [0.717, 1.165) is 0 Å². The largest absolute Gasteiger partial charge is 0.508 e. The van der Waals surface area contributed by atoms with Crippen molar-refractivity contribution < 1.29 is 28.9 Å². The molecule has 1 aliphatic rings. The molecule has 0 saturated carbocycles. The summed E-state index contributed by atoms with van der Waals surface area (Å²) < 4.78 is 15.4. The van der Waals surface area contributed by atoms with Crippen molar-refractivity contribution in [2.75, 3.05) is 13.2 Å². The van der Waals surface area contributed by atoms with Gasteiger partial charge in [0.15, 0.2) is 0 Å². The van der Waals surface area contributed by atoms with E-state index in [0.29, 0.717) is 5.56 Å². The van der Waals surface area contributed by atoms with E-state index < -0.39 is 17.5 Å². The maximum Gasteiger partial charge on any atom is 0.362 e. The number of hydrogen-bond acceptors (Lipinski definition) is 6. The van der Waals surface area contributed by atoms with Gasteiger partial charge in [0.1, 0.15) is 11.5 Å². The number of fused-ring (bicyclic) bond motifs is 1. The van der Waals surface area contributed by atoms with Crippen LogP contribution < -0.4 is 4.74 Å². The Morgan fingerprint density at radius 1 is 1.25 bits per heavy atom. The Labute approximate surface area is 116 Å². The van der Waals surface area contributed by atoms with Crippen LogP contribution in [-0.2, 0) is 25.5 Å². The van der Waals surface area contributed by atoms with Crippen LogP contribution in [0.15, 0.2) is 18.2 Å². The number of rotatable bonds is 4. The first-order chi connectivity index (χ1) is 9.53. The molecule has 0 spiro atoms. The number of hydrogen-bond donors (Lipinski definition) is 1. The molecule has 0 unspecified atom stereocenters. The van der Waals surface area contributed by atoms with Crippen LogP contribution in [0.2, 0.25) is 0 Å². The van der Waals surface area contributed by atoms with Gasteiger partial charge in [0.05, 0.1) is 13.2 Å². The Morgan fingerprint density at radius 3 is 2.40 bits per heavy atom. The van der Waals surface area contributed by atoms with E-state index in [9.17, 15) is 14.7 Å². The number of benzene rings is 1. The van der Waals surface area contributed by atoms with Crippen LogP contribution >= 0.6 is 0 Å². The van der Waals surface area contributed by atoms with E-state index in [2.05, 4.69) is 0 Å². The summed E-state index contributed by atoms with van der Waals surface area (Å²) in [7, 11) is 0. The standard InChI is InChI=1S/C14H16O6/c1-3-18-12(16)14(13(17)19-4-2)8-9-5-6-10(15)7-11(9)20-14/h5-7,15H,3-4,8H2,1-2H3. The van der Waals surface area contributed by atoms with E-state index in [1.165, 1.54) is 12.1 Å². The van der Waals surface area contributed by atoms with Crippen LogP contribution in [0.3, 0.4) is 0 Å².